The number of fused-ring (bicyclic) bond motifs is 2. The Labute approximate surface area is 386 Å². The summed E-state index contributed by atoms with van der Waals surface area (Å²) in [6, 6.07) is 10.5. The second-order valence-corrected chi connectivity index (χ2v) is 24.0. The van der Waals surface area contributed by atoms with Crippen LogP contribution in [0.5, 0.6) is 0 Å². The van der Waals surface area contributed by atoms with Gasteiger partial charge < -0.3 is 38.3 Å². The van der Waals surface area contributed by atoms with Crippen LogP contribution in [0.1, 0.15) is 70.3 Å². The largest absolute Gasteiger partial charge is 0.697 e. The fourth-order valence-corrected chi connectivity index (χ4v) is 9.75. The quantitative estimate of drug-likeness (QED) is 0.0414. The predicted molar refractivity (Wildman–Crippen MR) is 242 cm³/mol. The van der Waals surface area contributed by atoms with Crippen molar-refractivity contribution >= 4 is 71.1 Å². The summed E-state index contributed by atoms with van der Waals surface area (Å²) < 4.78 is 58.7. The molecule has 358 valence electrons. The molecule has 1 aromatic carbocycles. The molecule has 67 heavy (non-hydrogen) atoms. The molecule has 7 rings (SSSR count). The number of aromatic nitrogens is 8. The van der Waals surface area contributed by atoms with Gasteiger partial charge in [0, 0.05) is 22.5 Å². The third-order valence-electron chi connectivity index (χ3n) is 11.5. The number of aliphatic hydroxyl groups excluding tert-OH is 1. The number of nitrogens with one attached hydrogen (secondary N) is 3. The Morgan fingerprint density at radius 2 is 1.78 bits per heavy atom. The van der Waals surface area contributed by atoms with Crippen molar-refractivity contribution in [2.75, 3.05) is 30.5 Å². The number of aromatic amines is 1. The molecule has 2 unspecified atom stereocenters. The van der Waals surface area contributed by atoms with Crippen LogP contribution in [0.4, 0.5) is 11.8 Å². The Balaban J connectivity index is 1.14. The zero-order valence-corrected chi connectivity index (χ0v) is 40.4. The third-order valence-corrected chi connectivity index (χ3v) is 17.6. The van der Waals surface area contributed by atoms with E-state index in [2.05, 4.69) is 40.5 Å². The number of anilines is 2. The fraction of sp³-hybridized carbons (Fsp3) is 0.525. The molecule has 24 nitrogen and oxygen atoms in total. The third kappa shape index (κ3) is 11.3. The summed E-state index contributed by atoms with van der Waals surface area (Å²) in [6.07, 6.45) is -3.24. The van der Waals surface area contributed by atoms with Gasteiger partial charge in [0.05, 0.1) is 38.4 Å². The number of rotatable bonds is 19. The monoisotopic (exact) mass is 984 g/mol. The van der Waals surface area contributed by atoms with Crippen LogP contribution in [0.15, 0.2) is 54.1 Å². The molecule has 9 atom stereocenters. The number of hydrogen-bond acceptors (Lipinski definition) is 19. The molecule has 5 aromatic rings. The molecular formula is C40H52N11O13P2Si+. The highest BCUT2D eigenvalue weighted by molar-refractivity contribution is 7.40. The number of carbonyl (C=O) groups excluding carboxylic acids is 2. The molecule has 5 N–H and O–H groups in total. The number of nitriles is 1. The summed E-state index contributed by atoms with van der Waals surface area (Å²) in [5, 5.41) is 24.6. The first-order valence-corrected chi connectivity index (χ1v) is 26.4. The van der Waals surface area contributed by atoms with Gasteiger partial charge in [-0.05, 0) is 30.3 Å². The summed E-state index contributed by atoms with van der Waals surface area (Å²) in [6.45, 7) is 12.4. The minimum atomic E-state index is -2.84. The zero-order chi connectivity index (χ0) is 48.2. The molecule has 0 radical (unpaired) electrons. The van der Waals surface area contributed by atoms with Crippen molar-refractivity contribution in [2.45, 2.75) is 109 Å². The van der Waals surface area contributed by atoms with Crippen LogP contribution in [0.3, 0.4) is 0 Å². The molecule has 2 fully saturated rings. The van der Waals surface area contributed by atoms with Crippen molar-refractivity contribution in [3.63, 3.8) is 0 Å². The summed E-state index contributed by atoms with van der Waals surface area (Å²) in [5.74, 6) is -1.21. The standard InChI is InChI=1S/C40H51N11O13P2Si/c1-22(2)35(53)48-39-47-34-29(37(55)49-39)45-21-51(34)38-31(30(25(17-52)61-38)64-67(6,7)40(3,4)5)63-66(57)59-18-26-24(62-65(56)58-15-11-14-41)16-27(60-26)50-20-44-28-32(42-19-43-33(28)50)46-36(54)23-12-9-8-10-13-23/h8-10,12-13,19-22,24-27,30-31,38,52,57H,11,15-18H2,1-7H3,(H2-,42,43,46,47,48,49,53,54,55)/p+1/t24-,25+,26+,27+,30+,31+,38+,66?/m0/s1. The number of aliphatic hydroxyl groups is 1. The van der Waals surface area contributed by atoms with E-state index in [0.717, 1.165) is 0 Å². The number of benzene rings is 1. The molecular weight excluding hydrogens is 933 g/mol. The smallest absolute Gasteiger partial charge is 0.408 e. The minimum Gasteiger partial charge on any atom is -0.408 e. The Morgan fingerprint density at radius 1 is 1.04 bits per heavy atom. The lowest BCUT2D eigenvalue weighted by atomic mass is 10.1. The van der Waals surface area contributed by atoms with E-state index in [1.54, 1.807) is 48.7 Å². The molecule has 2 aliphatic rings. The van der Waals surface area contributed by atoms with E-state index in [9.17, 15) is 28.9 Å². The van der Waals surface area contributed by atoms with Gasteiger partial charge in [-0.15, -0.1) is 9.05 Å². The van der Waals surface area contributed by atoms with Gasteiger partial charge in [0.1, 0.15) is 49.7 Å². The molecule has 27 heteroatoms. The number of carbonyl (C=O) groups is 2. The van der Waals surface area contributed by atoms with Gasteiger partial charge >= 0.3 is 16.9 Å². The van der Waals surface area contributed by atoms with Crippen molar-refractivity contribution in [1.82, 2.24) is 39.0 Å². The minimum absolute atomic E-state index is 0.00809. The maximum absolute atomic E-state index is 13.2. The maximum atomic E-state index is 13.2. The Kier molecular flexibility index (Phi) is 15.7. The highest BCUT2D eigenvalue weighted by atomic mass is 31.2. The van der Waals surface area contributed by atoms with Crippen LogP contribution in [0, 0.1) is 17.2 Å². The first-order chi connectivity index (χ1) is 31.9. The fourth-order valence-electron chi connectivity index (χ4n) is 6.92. The summed E-state index contributed by atoms with van der Waals surface area (Å²) in [4.78, 5) is 74.6. The Bertz CT molecular complexity index is 2680. The van der Waals surface area contributed by atoms with Crippen molar-refractivity contribution in [3.8, 4) is 6.07 Å². The van der Waals surface area contributed by atoms with Crippen LogP contribution >= 0.6 is 16.9 Å². The number of amides is 2. The lowest BCUT2D eigenvalue weighted by Gasteiger charge is -2.40. The summed E-state index contributed by atoms with van der Waals surface area (Å²) >= 11 is 0. The number of H-pyrrole nitrogens is 1. The van der Waals surface area contributed by atoms with Crippen LogP contribution in [-0.2, 0) is 41.4 Å². The lowest BCUT2D eigenvalue weighted by molar-refractivity contribution is -0.118. The average Bonchev–Trinajstić information content (AvgIpc) is 4.08. The van der Waals surface area contributed by atoms with E-state index in [-0.39, 0.29) is 59.5 Å². The topological polar surface area (TPSA) is 311 Å². The number of hydrogen-bond donors (Lipinski definition) is 5. The predicted octanol–water partition coefficient (Wildman–Crippen LogP) is 4.97. The molecule has 2 saturated heterocycles. The highest BCUT2D eigenvalue weighted by Gasteiger charge is 2.53. The van der Waals surface area contributed by atoms with Gasteiger partial charge in [-0.1, -0.05) is 52.8 Å². The number of ether oxygens (including phenoxy) is 2. The molecule has 0 saturated carbocycles. The van der Waals surface area contributed by atoms with Crippen molar-refractivity contribution in [3.05, 3.63) is 65.2 Å². The van der Waals surface area contributed by atoms with Gasteiger partial charge in [0.15, 0.2) is 42.7 Å². The van der Waals surface area contributed by atoms with Gasteiger partial charge in [-0.25, -0.2) is 19.9 Å². The van der Waals surface area contributed by atoms with E-state index in [1.807, 2.05) is 39.9 Å². The molecule has 0 bridgehead atoms. The summed E-state index contributed by atoms with van der Waals surface area (Å²) in [5.41, 5.74) is 0.242. The summed E-state index contributed by atoms with van der Waals surface area (Å²) in [7, 11) is -8.24. The zero-order valence-electron chi connectivity index (χ0n) is 37.6. The molecule has 6 heterocycles. The van der Waals surface area contributed by atoms with Crippen LogP contribution in [0.25, 0.3) is 22.3 Å². The van der Waals surface area contributed by atoms with Crippen LogP contribution < -0.4 is 16.2 Å². The lowest BCUT2D eigenvalue weighted by Crippen LogP contribution is -2.50. The molecule has 0 aliphatic carbocycles. The van der Waals surface area contributed by atoms with Crippen LogP contribution in [0.2, 0.25) is 18.1 Å². The van der Waals surface area contributed by atoms with Gasteiger partial charge in [-0.2, -0.15) is 10.2 Å². The Morgan fingerprint density at radius 3 is 2.48 bits per heavy atom. The van der Waals surface area contributed by atoms with Gasteiger partial charge in [0.2, 0.25) is 11.9 Å². The molecule has 4 aromatic heterocycles. The van der Waals surface area contributed by atoms with Crippen molar-refractivity contribution in [2.24, 2.45) is 5.92 Å². The van der Waals surface area contributed by atoms with Crippen molar-refractivity contribution < 1.29 is 56.1 Å². The first-order valence-electron chi connectivity index (χ1n) is 21.2. The van der Waals surface area contributed by atoms with Crippen molar-refractivity contribution in [1.29, 1.82) is 5.26 Å². The van der Waals surface area contributed by atoms with E-state index in [4.69, 9.17) is 37.3 Å². The van der Waals surface area contributed by atoms with Gasteiger partial charge in [-0.3, -0.25) is 33.8 Å². The van der Waals surface area contributed by atoms with E-state index in [0.29, 0.717) is 11.2 Å². The second kappa shape index (κ2) is 21.1. The molecule has 2 aliphatic heterocycles. The normalized spacial score (nSPS) is 22.9. The molecule has 2 amide bonds. The Hall–Kier alpha value is -5.06. The second-order valence-electron chi connectivity index (χ2n) is 17.4. The molecule has 0 spiro atoms. The average molecular weight is 985 g/mol. The first kappa shape index (κ1) is 49.8. The van der Waals surface area contributed by atoms with E-state index < -0.39 is 98.0 Å². The SMILES string of the molecule is CC(C)C(=O)Nc1nc2c(ncn2[C@@H]2O[C@H](CO)[C@@H](O[Si](C)(C)C(C)(C)C)[C@H]2OP(O)OC[C@H]2O[C@@H](n3cnc4c(NC(=O)c5ccccc5)ncnc43)C[C@@H]2O[P+](=O)OCCC#N)c(=O)[nH]1. The highest BCUT2D eigenvalue weighted by Crippen LogP contribution is 2.48. The number of imidazole rings is 2. The van der Waals surface area contributed by atoms with E-state index >= 15 is 0 Å². The number of nitrogens with zero attached hydrogens (tertiary/aromatic N) is 8. The van der Waals surface area contributed by atoms with Gasteiger partial charge in [0.25, 0.3) is 11.5 Å². The van der Waals surface area contributed by atoms with E-state index in [1.165, 1.54) is 23.5 Å². The van der Waals surface area contributed by atoms with Crippen LogP contribution in [-0.4, -0.2) is 120 Å². The maximum Gasteiger partial charge on any atom is 0.697 e.